The molecule has 0 saturated carbocycles. The Bertz CT molecular complexity index is 440. The average Bonchev–Trinajstić information content (AvgIpc) is 2.21. The number of carbonyl (C=O) groups is 2. The number of nitrogens with one attached hydrogen (secondary N) is 1. The van der Waals surface area contributed by atoms with Crippen molar-refractivity contribution in [2.75, 3.05) is 11.1 Å². The third-order valence-corrected chi connectivity index (χ3v) is 1.91. The van der Waals surface area contributed by atoms with E-state index in [1.54, 1.807) is 24.3 Å². The van der Waals surface area contributed by atoms with Crippen LogP contribution in [0.4, 0.5) is 11.4 Å². The van der Waals surface area contributed by atoms with Crippen LogP contribution in [0.1, 0.15) is 0 Å². The van der Waals surface area contributed by atoms with Gasteiger partial charge in [-0.3, -0.25) is 4.79 Å². The summed E-state index contributed by atoms with van der Waals surface area (Å²) in [6, 6.07) is 6.40. The Balaban J connectivity index is 2.68. The fraction of sp³-hybridized carbons (Fsp3) is 0. The number of rotatable bonds is 3. The molecule has 0 unspecified atom stereocenters. The number of benzene rings is 1. The van der Waals surface area contributed by atoms with Crippen molar-refractivity contribution in [3.05, 3.63) is 35.4 Å². The Morgan fingerprint density at radius 3 is 2.38 bits per heavy atom. The van der Waals surface area contributed by atoms with E-state index in [0.717, 1.165) is 6.08 Å². The predicted octanol–water partition coefficient (Wildman–Crippen LogP) is 1.41. The van der Waals surface area contributed by atoms with E-state index in [1.165, 1.54) is 0 Å². The van der Waals surface area contributed by atoms with Gasteiger partial charge in [-0.15, -0.1) is 0 Å². The third-order valence-electron chi connectivity index (χ3n) is 1.64. The minimum Gasteiger partial charge on any atom is -0.477 e. The number of hydrogen-bond donors (Lipinski definition) is 3. The molecule has 1 amide bonds. The lowest BCUT2D eigenvalue weighted by Gasteiger charge is -2.02. The van der Waals surface area contributed by atoms with E-state index < -0.39 is 16.9 Å². The molecule has 1 aromatic carbocycles. The van der Waals surface area contributed by atoms with Crippen molar-refractivity contribution >= 4 is 34.9 Å². The van der Waals surface area contributed by atoms with Gasteiger partial charge >= 0.3 is 5.97 Å². The fourth-order valence-corrected chi connectivity index (χ4v) is 1.02. The second-order valence-corrected chi connectivity index (χ2v) is 3.32. The molecule has 0 atom stereocenters. The maximum absolute atomic E-state index is 11.2. The normalized spacial score (nSPS) is 10.9. The summed E-state index contributed by atoms with van der Waals surface area (Å²) in [7, 11) is 0. The van der Waals surface area contributed by atoms with Gasteiger partial charge in [-0.1, -0.05) is 11.6 Å². The molecule has 0 aromatic heterocycles. The maximum Gasteiger partial charge on any atom is 0.347 e. The van der Waals surface area contributed by atoms with Crippen LogP contribution in [-0.4, -0.2) is 17.0 Å². The minimum atomic E-state index is -1.35. The number of halogens is 1. The zero-order valence-corrected chi connectivity index (χ0v) is 8.86. The predicted molar refractivity (Wildman–Crippen MR) is 61.1 cm³/mol. The van der Waals surface area contributed by atoms with Gasteiger partial charge < -0.3 is 16.2 Å². The van der Waals surface area contributed by atoms with Crippen LogP contribution < -0.4 is 11.1 Å². The quantitative estimate of drug-likeness (QED) is 0.550. The van der Waals surface area contributed by atoms with E-state index in [2.05, 4.69) is 5.32 Å². The van der Waals surface area contributed by atoms with Crippen LogP contribution in [0.5, 0.6) is 0 Å². The summed E-state index contributed by atoms with van der Waals surface area (Å²) in [5.74, 6) is -1.97. The smallest absolute Gasteiger partial charge is 0.347 e. The van der Waals surface area contributed by atoms with E-state index in [0.29, 0.717) is 11.4 Å². The molecule has 16 heavy (non-hydrogen) atoms. The summed E-state index contributed by atoms with van der Waals surface area (Å²) in [5, 5.41) is 10.3. The van der Waals surface area contributed by atoms with Gasteiger partial charge in [-0.2, -0.15) is 0 Å². The maximum atomic E-state index is 11.2. The first kappa shape index (κ1) is 12.1. The zero-order valence-electron chi connectivity index (χ0n) is 8.11. The fourth-order valence-electron chi connectivity index (χ4n) is 0.922. The Morgan fingerprint density at radius 2 is 1.88 bits per heavy atom. The number of nitrogens with two attached hydrogens (primary N) is 1. The second-order valence-electron chi connectivity index (χ2n) is 2.91. The lowest BCUT2D eigenvalue weighted by atomic mass is 10.3. The van der Waals surface area contributed by atoms with Gasteiger partial charge in [0.25, 0.3) is 0 Å². The van der Waals surface area contributed by atoms with Crippen LogP contribution >= 0.6 is 11.6 Å². The molecule has 0 radical (unpaired) electrons. The van der Waals surface area contributed by atoms with Crippen molar-refractivity contribution in [1.29, 1.82) is 0 Å². The van der Waals surface area contributed by atoms with Crippen molar-refractivity contribution < 1.29 is 14.7 Å². The van der Waals surface area contributed by atoms with E-state index in [4.69, 9.17) is 22.4 Å². The van der Waals surface area contributed by atoms with Crippen molar-refractivity contribution in [1.82, 2.24) is 0 Å². The highest BCUT2D eigenvalue weighted by Crippen LogP contribution is 2.11. The molecule has 6 heteroatoms. The molecular formula is C10H9ClN2O3. The van der Waals surface area contributed by atoms with Gasteiger partial charge in [0.05, 0.1) is 0 Å². The minimum absolute atomic E-state index is 0.505. The number of nitrogen functional groups attached to an aromatic ring is 1. The molecule has 5 nitrogen and oxygen atoms in total. The summed E-state index contributed by atoms with van der Waals surface area (Å²) in [4.78, 5) is 21.6. The van der Waals surface area contributed by atoms with Gasteiger partial charge in [-0.05, 0) is 24.3 Å². The van der Waals surface area contributed by atoms with E-state index in [1.807, 2.05) is 0 Å². The lowest BCUT2D eigenvalue weighted by Crippen LogP contribution is -2.10. The number of hydrogen-bond acceptors (Lipinski definition) is 3. The molecule has 0 aliphatic carbocycles. The number of aliphatic carboxylic acids is 1. The lowest BCUT2D eigenvalue weighted by molar-refractivity contribution is -0.132. The molecule has 0 aliphatic heterocycles. The standard InChI is InChI=1S/C10H9ClN2O3/c11-8(10(15)16)5-9(14)13-7-3-1-6(12)2-4-7/h1-5H,12H2,(H,13,14)(H,15,16)/b8-5-. The van der Waals surface area contributed by atoms with Gasteiger partial charge in [0.1, 0.15) is 5.03 Å². The Morgan fingerprint density at radius 1 is 1.31 bits per heavy atom. The summed E-state index contributed by atoms with van der Waals surface area (Å²) >= 11 is 5.28. The molecule has 0 heterocycles. The van der Waals surface area contributed by atoms with Gasteiger partial charge in [-0.25, -0.2) is 4.79 Å². The second kappa shape index (κ2) is 5.18. The van der Waals surface area contributed by atoms with Crippen LogP contribution in [0.25, 0.3) is 0 Å². The molecule has 0 aliphatic rings. The van der Waals surface area contributed by atoms with Gasteiger partial charge in [0, 0.05) is 17.5 Å². The van der Waals surface area contributed by atoms with E-state index >= 15 is 0 Å². The summed E-state index contributed by atoms with van der Waals surface area (Å²) in [6.45, 7) is 0. The summed E-state index contributed by atoms with van der Waals surface area (Å²) in [6.07, 6.45) is 0.792. The van der Waals surface area contributed by atoms with Crippen molar-refractivity contribution in [3.8, 4) is 0 Å². The number of carbonyl (C=O) groups excluding carboxylic acids is 1. The van der Waals surface area contributed by atoms with Crippen LogP contribution in [0.3, 0.4) is 0 Å². The molecule has 1 rings (SSSR count). The molecule has 1 aromatic rings. The Hall–Kier alpha value is -2.01. The van der Waals surface area contributed by atoms with Crippen LogP contribution in [-0.2, 0) is 9.59 Å². The Labute approximate surface area is 96.5 Å². The third kappa shape index (κ3) is 3.62. The van der Waals surface area contributed by atoms with Gasteiger partial charge in [0.15, 0.2) is 0 Å². The first-order chi connectivity index (χ1) is 7.49. The highest BCUT2D eigenvalue weighted by atomic mass is 35.5. The molecular weight excluding hydrogens is 232 g/mol. The van der Waals surface area contributed by atoms with Crippen LogP contribution in [0.15, 0.2) is 35.4 Å². The monoisotopic (exact) mass is 240 g/mol. The molecule has 0 bridgehead atoms. The number of carboxylic acids is 1. The van der Waals surface area contributed by atoms with E-state index in [9.17, 15) is 9.59 Å². The summed E-state index contributed by atoms with van der Waals surface area (Å²) < 4.78 is 0. The first-order valence-corrected chi connectivity index (χ1v) is 4.64. The van der Waals surface area contributed by atoms with E-state index in [-0.39, 0.29) is 0 Å². The van der Waals surface area contributed by atoms with Crippen LogP contribution in [0, 0.1) is 0 Å². The largest absolute Gasteiger partial charge is 0.477 e. The molecule has 84 valence electrons. The number of anilines is 2. The molecule has 0 saturated heterocycles. The molecule has 4 N–H and O–H groups in total. The van der Waals surface area contributed by atoms with Crippen LogP contribution in [0.2, 0.25) is 0 Å². The van der Waals surface area contributed by atoms with Gasteiger partial charge in [0.2, 0.25) is 5.91 Å². The molecule has 0 spiro atoms. The number of carboxylic acid groups (broad SMARTS) is 1. The van der Waals surface area contributed by atoms with Crippen molar-refractivity contribution in [2.24, 2.45) is 0 Å². The summed E-state index contributed by atoms with van der Waals surface area (Å²) in [5.41, 5.74) is 6.53. The zero-order chi connectivity index (χ0) is 12.1. The topological polar surface area (TPSA) is 92.4 Å². The first-order valence-electron chi connectivity index (χ1n) is 4.26. The highest BCUT2D eigenvalue weighted by molar-refractivity contribution is 6.42. The van der Waals surface area contributed by atoms with Crippen molar-refractivity contribution in [2.45, 2.75) is 0 Å². The SMILES string of the molecule is Nc1ccc(NC(=O)/C=C(\Cl)C(=O)O)cc1. The Kier molecular flexibility index (Phi) is 3.90. The highest BCUT2D eigenvalue weighted by Gasteiger charge is 2.06. The average molecular weight is 241 g/mol. The number of amides is 1. The van der Waals surface area contributed by atoms with Crippen molar-refractivity contribution in [3.63, 3.8) is 0 Å². The molecule has 0 fully saturated rings.